The van der Waals surface area contributed by atoms with E-state index in [1.165, 1.54) is 11.4 Å². The van der Waals surface area contributed by atoms with E-state index in [1.807, 2.05) is 16.8 Å². The third-order valence-corrected chi connectivity index (χ3v) is 4.22. The molecule has 5 nitrogen and oxygen atoms in total. The second-order valence-electron chi connectivity index (χ2n) is 4.88. The van der Waals surface area contributed by atoms with E-state index < -0.39 is 0 Å². The minimum Gasteiger partial charge on any atom is -0.326 e. The largest absolute Gasteiger partial charge is 0.326 e. The summed E-state index contributed by atoms with van der Waals surface area (Å²) in [6, 6.07) is 1.97. The van der Waals surface area contributed by atoms with Crippen molar-refractivity contribution in [3.05, 3.63) is 22.4 Å². The zero-order valence-corrected chi connectivity index (χ0v) is 12.1. The van der Waals surface area contributed by atoms with Crippen LogP contribution in [0.15, 0.2) is 21.9 Å². The van der Waals surface area contributed by atoms with E-state index in [-0.39, 0.29) is 5.91 Å². The molecule has 1 aliphatic rings. The Morgan fingerprint density at radius 3 is 2.79 bits per heavy atom. The van der Waals surface area contributed by atoms with Crippen molar-refractivity contribution in [3.8, 4) is 0 Å². The first-order valence-corrected chi connectivity index (χ1v) is 7.73. The Bertz CT molecular complexity index is 410. The van der Waals surface area contributed by atoms with Crippen LogP contribution in [0.25, 0.3) is 0 Å². The van der Waals surface area contributed by atoms with Crippen LogP contribution in [0.1, 0.15) is 12.5 Å². The normalized spacial score (nSPS) is 23.6. The van der Waals surface area contributed by atoms with E-state index >= 15 is 0 Å². The monoisotopic (exact) mass is 282 g/mol. The fourth-order valence-electron chi connectivity index (χ4n) is 2.28. The topological polar surface area (TPSA) is 50.3 Å². The van der Waals surface area contributed by atoms with Crippen molar-refractivity contribution in [2.45, 2.75) is 6.92 Å². The van der Waals surface area contributed by atoms with Gasteiger partial charge in [0.25, 0.3) is 5.91 Å². The van der Waals surface area contributed by atoms with Crippen molar-refractivity contribution in [1.82, 2.24) is 5.43 Å². The van der Waals surface area contributed by atoms with Crippen LogP contribution in [0.2, 0.25) is 0 Å². The molecule has 1 fully saturated rings. The number of hydrogen-bond acceptors (Lipinski definition) is 3. The van der Waals surface area contributed by atoms with Gasteiger partial charge in [-0.1, -0.05) is 0 Å². The SMILES string of the molecule is CC[NH+]1CC[NH+](CC(=O)NN=Cc2ccsc2)CC1. The van der Waals surface area contributed by atoms with Crippen LogP contribution in [0, 0.1) is 0 Å². The third kappa shape index (κ3) is 4.74. The lowest BCUT2D eigenvalue weighted by molar-refractivity contribution is -1.01. The highest BCUT2D eigenvalue weighted by Crippen LogP contribution is 2.01. The Labute approximate surface area is 117 Å². The van der Waals surface area contributed by atoms with Crippen LogP contribution in [0.5, 0.6) is 0 Å². The number of nitrogens with one attached hydrogen (secondary N) is 3. The van der Waals surface area contributed by atoms with Crippen LogP contribution in [0.3, 0.4) is 0 Å². The summed E-state index contributed by atoms with van der Waals surface area (Å²) in [6.45, 7) is 8.40. The van der Waals surface area contributed by atoms with Crippen molar-refractivity contribution in [2.75, 3.05) is 39.3 Å². The van der Waals surface area contributed by atoms with Gasteiger partial charge < -0.3 is 9.80 Å². The van der Waals surface area contributed by atoms with Crippen LogP contribution in [0.4, 0.5) is 0 Å². The number of carbonyl (C=O) groups is 1. The Morgan fingerprint density at radius 2 is 2.16 bits per heavy atom. The molecule has 3 N–H and O–H groups in total. The van der Waals surface area contributed by atoms with Gasteiger partial charge in [0, 0.05) is 5.56 Å². The first kappa shape index (κ1) is 14.2. The molecule has 1 amide bonds. The lowest BCUT2D eigenvalue weighted by Gasteiger charge is -2.28. The fraction of sp³-hybridized carbons (Fsp3) is 0.538. The minimum atomic E-state index is 0.00132. The van der Waals surface area contributed by atoms with Crippen LogP contribution in [-0.4, -0.2) is 51.4 Å². The van der Waals surface area contributed by atoms with Gasteiger partial charge in [-0.3, -0.25) is 4.79 Å². The van der Waals surface area contributed by atoms with Gasteiger partial charge in [-0.25, -0.2) is 5.43 Å². The number of nitrogens with zero attached hydrogens (tertiary/aromatic N) is 1. The van der Waals surface area contributed by atoms with Gasteiger partial charge in [0.15, 0.2) is 6.54 Å². The molecule has 0 bridgehead atoms. The lowest BCUT2D eigenvalue weighted by Crippen LogP contribution is -3.28. The summed E-state index contributed by atoms with van der Waals surface area (Å²) in [5.41, 5.74) is 3.63. The predicted octanol–water partition coefficient (Wildman–Crippen LogP) is -2.00. The fourth-order valence-corrected chi connectivity index (χ4v) is 2.89. The molecule has 2 rings (SSSR count). The predicted molar refractivity (Wildman–Crippen MR) is 76.9 cm³/mol. The molecule has 104 valence electrons. The lowest BCUT2D eigenvalue weighted by atomic mass is 10.3. The summed E-state index contributed by atoms with van der Waals surface area (Å²) in [6.07, 6.45) is 1.68. The number of amides is 1. The molecule has 2 heterocycles. The number of quaternary nitrogens is 2. The van der Waals surface area contributed by atoms with Crippen LogP contribution >= 0.6 is 11.3 Å². The van der Waals surface area contributed by atoms with Gasteiger partial charge in [-0.2, -0.15) is 16.4 Å². The van der Waals surface area contributed by atoms with Gasteiger partial charge in [0.1, 0.15) is 26.2 Å². The number of carbonyl (C=O) groups excluding carboxylic acids is 1. The summed E-state index contributed by atoms with van der Waals surface area (Å²) in [5.74, 6) is 0.00132. The molecule has 19 heavy (non-hydrogen) atoms. The number of hydrazone groups is 1. The number of piperazine rings is 1. The van der Waals surface area contributed by atoms with E-state index in [4.69, 9.17) is 0 Å². The molecule has 1 aliphatic heterocycles. The average molecular weight is 282 g/mol. The summed E-state index contributed by atoms with van der Waals surface area (Å²) < 4.78 is 0. The zero-order valence-electron chi connectivity index (χ0n) is 11.3. The Hall–Kier alpha value is -1.24. The van der Waals surface area contributed by atoms with Crippen molar-refractivity contribution < 1.29 is 14.6 Å². The molecule has 1 aromatic rings. The van der Waals surface area contributed by atoms with Crippen LogP contribution < -0.4 is 15.2 Å². The number of rotatable bonds is 5. The molecule has 0 saturated carbocycles. The smallest absolute Gasteiger partial charge is 0.295 e. The highest BCUT2D eigenvalue weighted by atomic mass is 32.1. The summed E-state index contributed by atoms with van der Waals surface area (Å²) >= 11 is 1.62. The Balaban J connectivity index is 1.67. The standard InChI is InChI=1S/C13H20N4OS/c1-2-16-4-6-17(7-5-16)10-13(18)15-14-9-12-3-8-19-11-12/h3,8-9,11H,2,4-7,10H2,1H3,(H,15,18)/p+2. The summed E-state index contributed by atoms with van der Waals surface area (Å²) in [5, 5.41) is 7.96. The molecular formula is C13H22N4OS+2. The minimum absolute atomic E-state index is 0.00132. The molecule has 1 aromatic heterocycles. The van der Waals surface area contributed by atoms with Gasteiger partial charge >= 0.3 is 0 Å². The third-order valence-electron chi connectivity index (χ3n) is 3.52. The first-order chi connectivity index (χ1) is 9.28. The number of hydrogen-bond donors (Lipinski definition) is 3. The molecule has 0 unspecified atom stereocenters. The molecule has 0 aliphatic carbocycles. The van der Waals surface area contributed by atoms with Crippen LogP contribution in [-0.2, 0) is 4.79 Å². The second-order valence-corrected chi connectivity index (χ2v) is 5.66. The van der Waals surface area contributed by atoms with Crippen molar-refractivity contribution >= 4 is 23.5 Å². The van der Waals surface area contributed by atoms with Crippen molar-refractivity contribution in [3.63, 3.8) is 0 Å². The Kier molecular flexibility index (Phi) is 5.50. The van der Waals surface area contributed by atoms with Crippen molar-refractivity contribution in [2.24, 2.45) is 5.10 Å². The zero-order chi connectivity index (χ0) is 13.5. The highest BCUT2D eigenvalue weighted by molar-refractivity contribution is 7.08. The van der Waals surface area contributed by atoms with Gasteiger partial charge in [-0.05, 0) is 23.8 Å². The first-order valence-electron chi connectivity index (χ1n) is 6.79. The molecular weight excluding hydrogens is 260 g/mol. The second kappa shape index (κ2) is 7.37. The maximum atomic E-state index is 11.7. The number of thiophene rings is 1. The maximum absolute atomic E-state index is 11.7. The summed E-state index contributed by atoms with van der Waals surface area (Å²) in [7, 11) is 0. The Morgan fingerprint density at radius 1 is 1.42 bits per heavy atom. The number of likely N-dealkylation sites (N-methyl/N-ethyl adjacent to an activating group) is 1. The summed E-state index contributed by atoms with van der Waals surface area (Å²) in [4.78, 5) is 14.7. The molecule has 0 radical (unpaired) electrons. The maximum Gasteiger partial charge on any atom is 0.295 e. The molecule has 1 saturated heterocycles. The average Bonchev–Trinajstić information content (AvgIpc) is 2.93. The molecule has 0 aromatic carbocycles. The molecule has 6 heteroatoms. The highest BCUT2D eigenvalue weighted by Gasteiger charge is 2.23. The molecule has 0 spiro atoms. The van der Waals surface area contributed by atoms with E-state index in [0.717, 1.165) is 31.7 Å². The van der Waals surface area contributed by atoms with Gasteiger partial charge in [0.05, 0.1) is 12.8 Å². The van der Waals surface area contributed by atoms with E-state index in [1.54, 1.807) is 22.5 Å². The molecule has 0 atom stereocenters. The van der Waals surface area contributed by atoms with E-state index in [0.29, 0.717) is 6.54 Å². The van der Waals surface area contributed by atoms with Gasteiger partial charge in [-0.15, -0.1) is 0 Å². The quantitative estimate of drug-likeness (QED) is 0.425. The van der Waals surface area contributed by atoms with E-state index in [9.17, 15) is 4.79 Å². The van der Waals surface area contributed by atoms with Gasteiger partial charge in [0.2, 0.25) is 0 Å². The van der Waals surface area contributed by atoms with Crippen molar-refractivity contribution in [1.29, 1.82) is 0 Å². The van der Waals surface area contributed by atoms with E-state index in [2.05, 4.69) is 17.5 Å².